The van der Waals surface area contributed by atoms with Crippen LogP contribution in [0.15, 0.2) is 24.3 Å². The van der Waals surface area contributed by atoms with Gasteiger partial charge in [-0.15, -0.1) is 0 Å². The van der Waals surface area contributed by atoms with E-state index < -0.39 is 17.8 Å². The quantitative estimate of drug-likeness (QED) is 0.306. The number of phenolic OH excluding ortho intramolecular Hbond substituents is 1. The molecule has 4 aliphatic rings. The maximum absolute atomic E-state index is 16.4. The number of hydrogen-bond acceptors (Lipinski definition) is 9. The van der Waals surface area contributed by atoms with Crippen LogP contribution in [0, 0.1) is 11.6 Å². The Morgan fingerprint density at radius 2 is 1.87 bits per heavy atom. The first-order valence-corrected chi connectivity index (χ1v) is 15.5. The number of phenols is 1. The molecule has 4 aromatic rings. The standard InChI is InChI=1S/C26H24F2N4O4.C7H12FN/c1-4-16-18(27)6-5-12-7-14(33)9-17(19(12)16)22-21(28)23-20(25(29-22)34-2)24(31-26(30-23)35-3)32-10-15-8-13(32)11-36-15;8-6-4-7-2-1-3-9(7)5-6/h5-7,9,13,15,33H,4,8,10-11H2,1-3H3;6-7H,1-5H2. The maximum Gasteiger partial charge on any atom is 0.318 e. The highest BCUT2D eigenvalue weighted by Crippen LogP contribution is 2.44. The zero-order valence-corrected chi connectivity index (χ0v) is 25.5. The van der Waals surface area contributed by atoms with Crippen molar-refractivity contribution in [2.75, 3.05) is 45.4 Å². The van der Waals surface area contributed by atoms with Gasteiger partial charge in [0.15, 0.2) is 5.82 Å². The lowest BCUT2D eigenvalue weighted by Gasteiger charge is -2.29. The van der Waals surface area contributed by atoms with Crippen molar-refractivity contribution in [3.63, 3.8) is 0 Å². The van der Waals surface area contributed by atoms with Crippen molar-refractivity contribution in [3.8, 4) is 28.9 Å². The molecule has 6 heterocycles. The summed E-state index contributed by atoms with van der Waals surface area (Å²) in [6.07, 6.45) is 4.11. The lowest BCUT2D eigenvalue weighted by Crippen LogP contribution is -2.37. The summed E-state index contributed by atoms with van der Waals surface area (Å²) in [5.41, 5.74) is 0.496. The number of benzene rings is 2. The summed E-state index contributed by atoms with van der Waals surface area (Å²) in [6, 6.07) is 6.50. The lowest BCUT2D eigenvalue weighted by molar-refractivity contribution is 0.0989. The van der Waals surface area contributed by atoms with Crippen LogP contribution in [0.5, 0.6) is 17.6 Å². The Morgan fingerprint density at radius 3 is 2.56 bits per heavy atom. The highest BCUT2D eigenvalue weighted by Gasteiger charge is 2.41. The molecule has 4 atom stereocenters. The van der Waals surface area contributed by atoms with Crippen molar-refractivity contribution in [2.45, 2.75) is 63.4 Å². The molecule has 45 heavy (non-hydrogen) atoms. The molecule has 9 nitrogen and oxygen atoms in total. The molecule has 2 bridgehead atoms. The molecule has 1 N–H and O–H groups in total. The second-order valence-corrected chi connectivity index (χ2v) is 12.1. The van der Waals surface area contributed by atoms with E-state index in [2.05, 4.69) is 24.8 Å². The van der Waals surface area contributed by atoms with Crippen LogP contribution < -0.4 is 14.4 Å². The minimum atomic E-state index is -0.744. The summed E-state index contributed by atoms with van der Waals surface area (Å²) in [5, 5.41) is 11.8. The fourth-order valence-corrected chi connectivity index (χ4v) is 7.45. The van der Waals surface area contributed by atoms with Gasteiger partial charge in [-0.05, 0) is 73.2 Å². The molecule has 0 saturated carbocycles. The molecule has 12 heteroatoms. The zero-order chi connectivity index (χ0) is 31.4. The molecule has 0 aliphatic carbocycles. The molecule has 4 aliphatic heterocycles. The minimum Gasteiger partial charge on any atom is -0.508 e. The summed E-state index contributed by atoms with van der Waals surface area (Å²) in [4.78, 5) is 17.7. The van der Waals surface area contributed by atoms with Crippen molar-refractivity contribution >= 4 is 27.5 Å². The molecule has 4 unspecified atom stereocenters. The van der Waals surface area contributed by atoms with E-state index >= 15 is 4.39 Å². The summed E-state index contributed by atoms with van der Waals surface area (Å²) in [7, 11) is 2.86. The minimum absolute atomic E-state index is 0.000327. The number of rotatable bonds is 5. The number of pyridine rings is 1. The van der Waals surface area contributed by atoms with Crippen molar-refractivity contribution < 1.29 is 32.5 Å². The Bertz CT molecular complexity index is 1760. The first-order chi connectivity index (χ1) is 21.8. The number of aryl methyl sites for hydroxylation is 1. The molecule has 238 valence electrons. The summed E-state index contributed by atoms with van der Waals surface area (Å²) in [6.45, 7) is 4.82. The van der Waals surface area contributed by atoms with Gasteiger partial charge in [0.2, 0.25) is 5.88 Å². The van der Waals surface area contributed by atoms with Crippen molar-refractivity contribution in [1.82, 2.24) is 19.9 Å². The van der Waals surface area contributed by atoms with Crippen LogP contribution in [0.4, 0.5) is 19.0 Å². The Hall–Kier alpha value is -3.90. The number of alkyl halides is 1. The van der Waals surface area contributed by atoms with E-state index in [1.54, 1.807) is 6.07 Å². The molecule has 0 spiro atoms. The topological polar surface area (TPSA) is 93.1 Å². The number of fused-ring (bicyclic) bond motifs is 5. The number of nitrogens with zero attached hydrogens (tertiary/aromatic N) is 5. The van der Waals surface area contributed by atoms with Crippen LogP contribution in [-0.2, 0) is 11.2 Å². The van der Waals surface area contributed by atoms with Crippen LogP contribution in [0.2, 0.25) is 0 Å². The third-order valence-corrected chi connectivity index (χ3v) is 9.48. The predicted molar refractivity (Wildman–Crippen MR) is 164 cm³/mol. The van der Waals surface area contributed by atoms with Gasteiger partial charge in [0, 0.05) is 24.7 Å². The van der Waals surface area contributed by atoms with Crippen LogP contribution in [0.1, 0.15) is 38.2 Å². The first kappa shape index (κ1) is 29.8. The van der Waals surface area contributed by atoms with Crippen molar-refractivity contribution in [2.24, 2.45) is 0 Å². The van der Waals surface area contributed by atoms with Crippen molar-refractivity contribution in [1.29, 1.82) is 0 Å². The number of methoxy groups -OCH3 is 2. The van der Waals surface area contributed by atoms with E-state index in [-0.39, 0.29) is 46.6 Å². The number of halogens is 3. The van der Waals surface area contributed by atoms with Gasteiger partial charge in [0.05, 0.1) is 33.0 Å². The molecule has 4 fully saturated rings. The van der Waals surface area contributed by atoms with Crippen LogP contribution in [0.3, 0.4) is 0 Å². The second-order valence-electron chi connectivity index (χ2n) is 12.1. The lowest BCUT2D eigenvalue weighted by atomic mass is 9.94. The van der Waals surface area contributed by atoms with E-state index in [9.17, 15) is 13.9 Å². The molecular formula is C33H36F3N5O4. The van der Waals surface area contributed by atoms with Gasteiger partial charge >= 0.3 is 6.01 Å². The van der Waals surface area contributed by atoms with Gasteiger partial charge in [-0.2, -0.15) is 9.97 Å². The number of hydrogen-bond donors (Lipinski definition) is 1. The summed E-state index contributed by atoms with van der Waals surface area (Å²) < 4.78 is 60.4. The average molecular weight is 624 g/mol. The molecule has 0 amide bonds. The Labute approximate surface area is 258 Å². The van der Waals surface area contributed by atoms with E-state index in [1.807, 2.05) is 6.92 Å². The number of anilines is 1. The fraction of sp³-hybridized carbons (Fsp3) is 0.485. The van der Waals surface area contributed by atoms with Gasteiger partial charge in [0.1, 0.15) is 40.2 Å². The highest BCUT2D eigenvalue weighted by atomic mass is 19.1. The number of ether oxygens (including phenoxy) is 3. The molecular weight excluding hydrogens is 587 g/mol. The maximum atomic E-state index is 16.4. The third-order valence-electron chi connectivity index (χ3n) is 9.48. The van der Waals surface area contributed by atoms with Crippen LogP contribution in [-0.4, -0.2) is 89.8 Å². The summed E-state index contributed by atoms with van der Waals surface area (Å²) in [5.74, 6) is -0.674. The molecule has 2 aromatic heterocycles. The van der Waals surface area contributed by atoms with Gasteiger partial charge in [-0.3, -0.25) is 4.90 Å². The molecule has 4 saturated heterocycles. The SMILES string of the molecule is CCc1c(F)ccc2cc(O)cc(-c3nc(OC)c4c(N5CC6CC5CO6)nc(OC)nc4c3F)c12.FC1CC2CCCN2C1. The molecule has 8 rings (SSSR count). The monoisotopic (exact) mass is 623 g/mol. The molecule has 0 radical (unpaired) electrons. The van der Waals surface area contributed by atoms with E-state index in [0.717, 1.165) is 19.4 Å². The van der Waals surface area contributed by atoms with Crippen LogP contribution in [0.25, 0.3) is 32.9 Å². The largest absolute Gasteiger partial charge is 0.508 e. The van der Waals surface area contributed by atoms with Crippen molar-refractivity contribution in [3.05, 3.63) is 41.5 Å². The van der Waals surface area contributed by atoms with E-state index in [4.69, 9.17) is 14.2 Å². The predicted octanol–water partition coefficient (Wildman–Crippen LogP) is 5.58. The van der Waals surface area contributed by atoms with Gasteiger partial charge < -0.3 is 24.2 Å². The highest BCUT2D eigenvalue weighted by molar-refractivity contribution is 6.03. The average Bonchev–Trinajstić information content (AvgIpc) is 3.84. The van der Waals surface area contributed by atoms with Crippen LogP contribution >= 0.6 is 0 Å². The number of morpholine rings is 1. The first-order valence-electron chi connectivity index (χ1n) is 15.5. The van der Waals surface area contributed by atoms with E-state index in [0.29, 0.717) is 59.7 Å². The zero-order valence-electron chi connectivity index (χ0n) is 25.5. The Balaban J connectivity index is 0.000000308. The number of aromatic hydroxyl groups is 1. The Kier molecular flexibility index (Phi) is 7.81. The third kappa shape index (κ3) is 5.17. The second kappa shape index (κ2) is 11.8. The summed E-state index contributed by atoms with van der Waals surface area (Å²) >= 11 is 0. The smallest absolute Gasteiger partial charge is 0.318 e. The van der Waals surface area contributed by atoms with Gasteiger partial charge in [0.25, 0.3) is 0 Å². The van der Waals surface area contributed by atoms with Gasteiger partial charge in [-0.25, -0.2) is 18.2 Å². The normalized spacial score (nSPS) is 23.9. The van der Waals surface area contributed by atoms with E-state index in [1.165, 1.54) is 45.3 Å². The molecule has 2 aromatic carbocycles. The Morgan fingerprint density at radius 1 is 1.02 bits per heavy atom. The van der Waals surface area contributed by atoms with Gasteiger partial charge in [-0.1, -0.05) is 13.0 Å². The fourth-order valence-electron chi connectivity index (χ4n) is 7.45. The number of aromatic nitrogens is 3.